The van der Waals surface area contributed by atoms with Gasteiger partial charge in [-0.3, -0.25) is 0 Å². The molecule has 0 spiro atoms. The van der Waals surface area contributed by atoms with Crippen molar-refractivity contribution >= 4 is 9.24 Å². The van der Waals surface area contributed by atoms with Crippen LogP contribution in [0.3, 0.4) is 0 Å². The fourth-order valence-corrected chi connectivity index (χ4v) is 2.59. The minimum Gasteiger partial charge on any atom is -0.105 e. The number of hydrogen-bond donors (Lipinski definition) is 0. The van der Waals surface area contributed by atoms with Gasteiger partial charge in [-0.2, -0.15) is 0 Å². The maximum Gasteiger partial charge on any atom is -0.00693 e. The Morgan fingerprint density at radius 1 is 1.50 bits per heavy atom. The molecule has 0 saturated carbocycles. The molecule has 0 aromatic rings. The lowest BCUT2D eigenvalue weighted by molar-refractivity contribution is 0.763. The molecule has 0 radical (unpaired) electrons. The lowest BCUT2D eigenvalue weighted by Crippen LogP contribution is -2.03. The molecule has 0 aliphatic heterocycles. The van der Waals surface area contributed by atoms with Crippen molar-refractivity contribution in [1.29, 1.82) is 0 Å². The zero-order valence-electron chi connectivity index (χ0n) is 8.15. The molecule has 1 atom stereocenters. The predicted molar refractivity (Wildman–Crippen MR) is 59.1 cm³/mol. The summed E-state index contributed by atoms with van der Waals surface area (Å²) in [7, 11) is 2.80. The topological polar surface area (TPSA) is 0 Å². The molecule has 0 aromatic carbocycles. The average Bonchev–Trinajstić information content (AvgIpc) is 1.82. The Morgan fingerprint density at radius 3 is 2.50 bits per heavy atom. The fraction of sp³-hybridized carbons (Fsp3) is 0.455. The van der Waals surface area contributed by atoms with Gasteiger partial charge in [-0.1, -0.05) is 32.1 Å². The van der Waals surface area contributed by atoms with Crippen LogP contribution in [0.15, 0.2) is 34.7 Å². The maximum atomic E-state index is 4.11. The van der Waals surface area contributed by atoms with Crippen molar-refractivity contribution in [3.05, 3.63) is 34.7 Å². The SMILES string of the molecule is C=C1CC(C)=CC(P)=C1C(C)C. The van der Waals surface area contributed by atoms with E-state index in [-0.39, 0.29) is 0 Å². The van der Waals surface area contributed by atoms with Crippen molar-refractivity contribution in [2.45, 2.75) is 27.2 Å². The number of rotatable bonds is 1. The zero-order valence-corrected chi connectivity index (χ0v) is 9.30. The summed E-state index contributed by atoms with van der Waals surface area (Å²) in [6.07, 6.45) is 3.29. The van der Waals surface area contributed by atoms with Crippen LogP contribution in [0.1, 0.15) is 27.2 Å². The van der Waals surface area contributed by atoms with E-state index in [1.165, 1.54) is 22.0 Å². The van der Waals surface area contributed by atoms with E-state index < -0.39 is 0 Å². The molecule has 0 aromatic heterocycles. The van der Waals surface area contributed by atoms with E-state index >= 15 is 0 Å². The second-order valence-electron chi connectivity index (χ2n) is 3.79. The van der Waals surface area contributed by atoms with Crippen molar-refractivity contribution in [2.24, 2.45) is 5.92 Å². The minimum absolute atomic E-state index is 0.592. The first kappa shape index (κ1) is 9.74. The molecule has 1 heteroatoms. The molecule has 12 heavy (non-hydrogen) atoms. The van der Waals surface area contributed by atoms with Gasteiger partial charge in [0.1, 0.15) is 0 Å². The van der Waals surface area contributed by atoms with E-state index in [2.05, 4.69) is 42.7 Å². The molecule has 0 saturated heterocycles. The highest BCUT2D eigenvalue weighted by molar-refractivity contribution is 7.23. The van der Waals surface area contributed by atoms with E-state index in [1.54, 1.807) is 0 Å². The van der Waals surface area contributed by atoms with Crippen LogP contribution in [0.25, 0.3) is 0 Å². The van der Waals surface area contributed by atoms with Gasteiger partial charge in [-0.15, -0.1) is 9.24 Å². The molecule has 1 unspecified atom stereocenters. The summed E-state index contributed by atoms with van der Waals surface area (Å²) in [5.74, 6) is 0.592. The van der Waals surface area contributed by atoms with E-state index in [4.69, 9.17) is 0 Å². The van der Waals surface area contributed by atoms with Gasteiger partial charge in [0.05, 0.1) is 0 Å². The Hall–Kier alpha value is -0.350. The van der Waals surface area contributed by atoms with Crippen LogP contribution in [0.4, 0.5) is 0 Å². The molecule has 0 fully saturated rings. The van der Waals surface area contributed by atoms with E-state index in [0.717, 1.165) is 6.42 Å². The van der Waals surface area contributed by atoms with Crippen LogP contribution in [0.2, 0.25) is 0 Å². The van der Waals surface area contributed by atoms with Crippen LogP contribution in [-0.4, -0.2) is 0 Å². The van der Waals surface area contributed by atoms with Crippen molar-refractivity contribution < 1.29 is 0 Å². The van der Waals surface area contributed by atoms with Gasteiger partial charge in [0.25, 0.3) is 0 Å². The van der Waals surface area contributed by atoms with Gasteiger partial charge in [0, 0.05) is 0 Å². The Bertz CT molecular complexity index is 267. The van der Waals surface area contributed by atoms with Crippen LogP contribution in [-0.2, 0) is 0 Å². The normalized spacial score (nSPS) is 18.8. The second kappa shape index (κ2) is 3.58. The molecule has 1 rings (SSSR count). The van der Waals surface area contributed by atoms with Gasteiger partial charge in [0.2, 0.25) is 0 Å². The third-order valence-electron chi connectivity index (χ3n) is 2.16. The predicted octanol–water partition coefficient (Wildman–Crippen LogP) is 3.68. The lowest BCUT2D eigenvalue weighted by atomic mass is 9.88. The standard InChI is InChI=1S/C11H17P/c1-7(2)11-9(4)5-8(3)6-10(11)12/h6-7H,4-5,12H2,1-3H3. The van der Waals surface area contributed by atoms with Crippen molar-refractivity contribution in [2.75, 3.05) is 0 Å². The molecule has 0 heterocycles. The van der Waals surface area contributed by atoms with Gasteiger partial charge in [0.15, 0.2) is 0 Å². The maximum absolute atomic E-state index is 4.11. The second-order valence-corrected chi connectivity index (χ2v) is 4.42. The van der Waals surface area contributed by atoms with Gasteiger partial charge in [-0.05, 0) is 35.7 Å². The monoisotopic (exact) mass is 180 g/mol. The molecule has 1 aliphatic carbocycles. The summed E-state index contributed by atoms with van der Waals surface area (Å²) < 4.78 is 0. The summed E-state index contributed by atoms with van der Waals surface area (Å²) in [5.41, 5.74) is 4.12. The quantitative estimate of drug-likeness (QED) is 0.540. The Morgan fingerprint density at radius 2 is 2.08 bits per heavy atom. The fourth-order valence-electron chi connectivity index (χ4n) is 1.77. The van der Waals surface area contributed by atoms with Gasteiger partial charge in [-0.25, -0.2) is 0 Å². The highest BCUT2D eigenvalue weighted by Crippen LogP contribution is 2.35. The first-order valence-corrected chi connectivity index (χ1v) is 4.95. The van der Waals surface area contributed by atoms with Crippen LogP contribution in [0, 0.1) is 5.92 Å². The molecule has 0 bridgehead atoms. The van der Waals surface area contributed by atoms with Crippen molar-refractivity contribution in [3.63, 3.8) is 0 Å². The summed E-state index contributed by atoms with van der Waals surface area (Å²) in [6, 6.07) is 0. The van der Waals surface area contributed by atoms with Crippen LogP contribution < -0.4 is 0 Å². The minimum atomic E-state index is 0.592. The third-order valence-corrected chi connectivity index (χ3v) is 2.64. The smallest absolute Gasteiger partial charge is 0.00693 e. The van der Waals surface area contributed by atoms with Gasteiger partial charge >= 0.3 is 0 Å². The summed E-state index contributed by atoms with van der Waals surface area (Å²) in [5, 5.41) is 1.32. The highest BCUT2D eigenvalue weighted by atomic mass is 31.0. The van der Waals surface area contributed by atoms with E-state index in [0.29, 0.717) is 5.92 Å². The third kappa shape index (κ3) is 1.87. The Kier molecular flexibility index (Phi) is 2.90. The number of hydrogen-bond acceptors (Lipinski definition) is 0. The van der Waals surface area contributed by atoms with E-state index in [1.807, 2.05) is 0 Å². The lowest BCUT2D eigenvalue weighted by Gasteiger charge is -2.21. The molecular formula is C11H17P. The average molecular weight is 180 g/mol. The summed E-state index contributed by atoms with van der Waals surface area (Å²) >= 11 is 0. The first-order valence-electron chi connectivity index (χ1n) is 4.37. The molecule has 1 aliphatic rings. The summed E-state index contributed by atoms with van der Waals surface area (Å²) in [4.78, 5) is 0. The molecule has 0 amide bonds. The zero-order chi connectivity index (χ0) is 9.30. The summed E-state index contributed by atoms with van der Waals surface area (Å²) in [6.45, 7) is 10.7. The van der Waals surface area contributed by atoms with Crippen molar-refractivity contribution in [1.82, 2.24) is 0 Å². The highest BCUT2D eigenvalue weighted by Gasteiger charge is 2.14. The largest absolute Gasteiger partial charge is 0.105 e. The molecule has 0 N–H and O–H groups in total. The Labute approximate surface area is 77.6 Å². The van der Waals surface area contributed by atoms with E-state index in [9.17, 15) is 0 Å². The first-order chi connectivity index (χ1) is 5.52. The Balaban J connectivity index is 3.08. The number of allylic oxidation sites excluding steroid dienone is 5. The van der Waals surface area contributed by atoms with Crippen LogP contribution >= 0.6 is 9.24 Å². The van der Waals surface area contributed by atoms with Crippen molar-refractivity contribution in [3.8, 4) is 0 Å². The van der Waals surface area contributed by atoms with Crippen LogP contribution in [0.5, 0.6) is 0 Å². The molecule has 0 nitrogen and oxygen atoms in total. The molecule has 66 valence electrons. The molecular weight excluding hydrogens is 163 g/mol. The van der Waals surface area contributed by atoms with Gasteiger partial charge < -0.3 is 0 Å².